The number of hydrogen-bond acceptors (Lipinski definition) is 2. The molecule has 16 heavy (non-hydrogen) atoms. The van der Waals surface area contributed by atoms with Crippen molar-refractivity contribution in [3.05, 3.63) is 35.9 Å². The number of nitrogens with one attached hydrogen (secondary N) is 1. The second-order valence-electron chi connectivity index (χ2n) is 4.72. The van der Waals surface area contributed by atoms with E-state index in [1.807, 2.05) is 6.07 Å². The lowest BCUT2D eigenvalue weighted by Gasteiger charge is -2.21. The number of rotatable bonds is 5. The van der Waals surface area contributed by atoms with Gasteiger partial charge < -0.3 is 10.4 Å². The van der Waals surface area contributed by atoms with Crippen LogP contribution < -0.4 is 5.32 Å². The molecule has 0 saturated heterocycles. The fraction of sp³-hybridized carbons (Fsp3) is 0.571. The summed E-state index contributed by atoms with van der Waals surface area (Å²) in [6.45, 7) is 0.228. The third-order valence-corrected chi connectivity index (χ3v) is 3.37. The Hall–Kier alpha value is -0.860. The second kappa shape index (κ2) is 6.02. The van der Waals surface area contributed by atoms with Crippen LogP contribution in [0.25, 0.3) is 0 Å². The Labute approximate surface area is 97.7 Å². The highest BCUT2D eigenvalue weighted by Crippen LogP contribution is 2.18. The molecule has 0 aliphatic heterocycles. The lowest BCUT2D eigenvalue weighted by Crippen LogP contribution is -2.40. The first-order chi connectivity index (χ1) is 7.88. The highest BCUT2D eigenvalue weighted by molar-refractivity contribution is 5.16. The molecule has 0 amide bonds. The van der Waals surface area contributed by atoms with Crippen molar-refractivity contribution in [2.24, 2.45) is 0 Å². The molecule has 0 aromatic heterocycles. The zero-order valence-electron chi connectivity index (χ0n) is 9.73. The quantitative estimate of drug-likeness (QED) is 0.795. The molecule has 88 valence electrons. The highest BCUT2D eigenvalue weighted by atomic mass is 16.3. The van der Waals surface area contributed by atoms with Gasteiger partial charge in [-0.05, 0) is 24.8 Å². The largest absolute Gasteiger partial charge is 0.395 e. The maximum atomic E-state index is 9.39. The third kappa shape index (κ3) is 3.32. The fourth-order valence-corrected chi connectivity index (χ4v) is 2.50. The van der Waals surface area contributed by atoms with E-state index >= 15 is 0 Å². The van der Waals surface area contributed by atoms with E-state index in [1.165, 1.54) is 31.2 Å². The molecule has 1 saturated carbocycles. The van der Waals surface area contributed by atoms with Crippen molar-refractivity contribution in [2.45, 2.75) is 44.2 Å². The van der Waals surface area contributed by atoms with E-state index in [1.54, 1.807) is 0 Å². The van der Waals surface area contributed by atoms with E-state index in [0.29, 0.717) is 6.04 Å². The van der Waals surface area contributed by atoms with Gasteiger partial charge >= 0.3 is 0 Å². The summed E-state index contributed by atoms with van der Waals surface area (Å²) in [5.41, 5.74) is 1.30. The van der Waals surface area contributed by atoms with Gasteiger partial charge in [-0.2, -0.15) is 0 Å². The van der Waals surface area contributed by atoms with Crippen LogP contribution in [-0.2, 0) is 6.42 Å². The number of aliphatic hydroxyl groups is 1. The van der Waals surface area contributed by atoms with Crippen molar-refractivity contribution in [3.63, 3.8) is 0 Å². The second-order valence-corrected chi connectivity index (χ2v) is 4.72. The van der Waals surface area contributed by atoms with Gasteiger partial charge in [0.15, 0.2) is 0 Å². The summed E-state index contributed by atoms with van der Waals surface area (Å²) in [6.07, 6.45) is 6.13. The Bertz CT molecular complexity index is 293. The summed E-state index contributed by atoms with van der Waals surface area (Å²) >= 11 is 0. The molecular formula is C14H21NO. The Kier molecular flexibility index (Phi) is 4.37. The van der Waals surface area contributed by atoms with Gasteiger partial charge in [0.25, 0.3) is 0 Å². The smallest absolute Gasteiger partial charge is 0.0587 e. The van der Waals surface area contributed by atoms with E-state index in [0.717, 1.165) is 6.42 Å². The molecule has 0 bridgehead atoms. The molecule has 1 atom stereocenters. The molecule has 1 fully saturated rings. The average Bonchev–Trinajstić information content (AvgIpc) is 2.82. The Morgan fingerprint density at radius 3 is 2.50 bits per heavy atom. The van der Waals surface area contributed by atoms with Crippen LogP contribution in [0.15, 0.2) is 30.3 Å². The van der Waals surface area contributed by atoms with Crippen LogP contribution in [0.5, 0.6) is 0 Å². The number of aliphatic hydroxyl groups excluding tert-OH is 1. The molecule has 2 nitrogen and oxygen atoms in total. The summed E-state index contributed by atoms with van der Waals surface area (Å²) in [5.74, 6) is 0. The van der Waals surface area contributed by atoms with E-state index < -0.39 is 0 Å². The molecule has 2 rings (SSSR count). The average molecular weight is 219 g/mol. The minimum absolute atomic E-state index is 0.213. The van der Waals surface area contributed by atoms with Crippen LogP contribution in [0.1, 0.15) is 31.2 Å². The predicted molar refractivity (Wildman–Crippen MR) is 66.4 cm³/mol. The molecular weight excluding hydrogens is 198 g/mol. The zero-order chi connectivity index (χ0) is 11.2. The molecule has 1 aliphatic rings. The Morgan fingerprint density at radius 2 is 1.88 bits per heavy atom. The van der Waals surface area contributed by atoms with Crippen molar-refractivity contribution >= 4 is 0 Å². The molecule has 1 aliphatic carbocycles. The minimum atomic E-state index is 0.213. The topological polar surface area (TPSA) is 32.3 Å². The normalized spacial score (nSPS) is 18.8. The van der Waals surface area contributed by atoms with Crippen LogP contribution in [-0.4, -0.2) is 23.8 Å². The van der Waals surface area contributed by atoms with Crippen molar-refractivity contribution in [2.75, 3.05) is 6.61 Å². The lowest BCUT2D eigenvalue weighted by molar-refractivity contribution is 0.230. The first-order valence-electron chi connectivity index (χ1n) is 6.29. The predicted octanol–water partition coefficient (Wildman–Crippen LogP) is 2.12. The first kappa shape index (κ1) is 11.6. The summed E-state index contributed by atoms with van der Waals surface area (Å²) in [7, 11) is 0. The number of hydrogen-bond donors (Lipinski definition) is 2. The SMILES string of the molecule is OC[C@@H](Cc1ccccc1)NC1CCCC1. The van der Waals surface area contributed by atoms with Crippen LogP contribution in [0.4, 0.5) is 0 Å². The van der Waals surface area contributed by atoms with Gasteiger partial charge in [0.05, 0.1) is 6.61 Å². The van der Waals surface area contributed by atoms with Crippen molar-refractivity contribution in [1.29, 1.82) is 0 Å². The fourth-order valence-electron chi connectivity index (χ4n) is 2.50. The Balaban J connectivity index is 1.85. The molecule has 1 aromatic carbocycles. The van der Waals surface area contributed by atoms with Crippen LogP contribution in [0.3, 0.4) is 0 Å². The summed E-state index contributed by atoms with van der Waals surface area (Å²) < 4.78 is 0. The zero-order valence-corrected chi connectivity index (χ0v) is 9.73. The van der Waals surface area contributed by atoms with Gasteiger partial charge in [-0.15, -0.1) is 0 Å². The molecule has 1 aromatic rings. The molecule has 0 radical (unpaired) electrons. The van der Waals surface area contributed by atoms with Gasteiger partial charge in [0.2, 0.25) is 0 Å². The summed E-state index contributed by atoms with van der Waals surface area (Å²) in [4.78, 5) is 0. The van der Waals surface area contributed by atoms with Crippen molar-refractivity contribution in [3.8, 4) is 0 Å². The Morgan fingerprint density at radius 1 is 1.19 bits per heavy atom. The van der Waals surface area contributed by atoms with Gasteiger partial charge in [-0.3, -0.25) is 0 Å². The van der Waals surface area contributed by atoms with Crippen molar-refractivity contribution in [1.82, 2.24) is 5.32 Å². The monoisotopic (exact) mass is 219 g/mol. The van der Waals surface area contributed by atoms with Crippen molar-refractivity contribution < 1.29 is 5.11 Å². The third-order valence-electron chi connectivity index (χ3n) is 3.37. The molecule has 0 spiro atoms. The van der Waals surface area contributed by atoms with Gasteiger partial charge in [-0.25, -0.2) is 0 Å². The standard InChI is InChI=1S/C14H21NO/c16-11-14(15-13-8-4-5-9-13)10-12-6-2-1-3-7-12/h1-3,6-7,13-16H,4-5,8-11H2/t14-/m1/s1. The minimum Gasteiger partial charge on any atom is -0.395 e. The molecule has 0 unspecified atom stereocenters. The maximum absolute atomic E-state index is 9.39. The van der Waals surface area contributed by atoms with E-state index in [9.17, 15) is 5.11 Å². The van der Waals surface area contributed by atoms with E-state index in [2.05, 4.69) is 29.6 Å². The van der Waals surface area contributed by atoms with E-state index in [-0.39, 0.29) is 12.6 Å². The summed E-state index contributed by atoms with van der Waals surface area (Å²) in [6, 6.07) is 11.2. The van der Waals surface area contributed by atoms with Gasteiger partial charge in [0.1, 0.15) is 0 Å². The summed E-state index contributed by atoms with van der Waals surface area (Å²) in [5, 5.41) is 12.9. The van der Waals surface area contributed by atoms with Crippen LogP contribution in [0, 0.1) is 0 Å². The van der Waals surface area contributed by atoms with E-state index in [4.69, 9.17) is 0 Å². The highest BCUT2D eigenvalue weighted by Gasteiger charge is 2.18. The first-order valence-corrected chi connectivity index (χ1v) is 6.29. The molecule has 2 heteroatoms. The van der Waals surface area contributed by atoms with Crippen LogP contribution in [0.2, 0.25) is 0 Å². The molecule has 2 N–H and O–H groups in total. The number of benzene rings is 1. The lowest BCUT2D eigenvalue weighted by atomic mass is 10.1. The maximum Gasteiger partial charge on any atom is 0.0587 e. The van der Waals surface area contributed by atoms with Crippen LogP contribution >= 0.6 is 0 Å². The van der Waals surface area contributed by atoms with Gasteiger partial charge in [-0.1, -0.05) is 43.2 Å². The van der Waals surface area contributed by atoms with Gasteiger partial charge in [0, 0.05) is 12.1 Å². The molecule has 0 heterocycles.